The lowest BCUT2D eigenvalue weighted by Gasteiger charge is -2.13. The monoisotopic (exact) mass is 700 g/mol. The molecular formula is C34H37BrN8O4. The molecule has 47 heavy (non-hydrogen) atoms. The zero-order valence-electron chi connectivity index (χ0n) is 27.1. The number of hydrogen-bond acceptors (Lipinski definition) is 10. The first-order valence-corrected chi connectivity index (χ1v) is 16.0. The number of ether oxygens (including phenoxy) is 2. The van der Waals surface area contributed by atoms with E-state index in [9.17, 15) is 9.59 Å². The molecule has 0 aliphatic heterocycles. The van der Waals surface area contributed by atoms with Crippen LogP contribution in [-0.4, -0.2) is 53.7 Å². The van der Waals surface area contributed by atoms with E-state index in [1.807, 2.05) is 76.2 Å². The number of nitrogens with zero attached hydrogens (tertiary/aromatic N) is 7. The van der Waals surface area contributed by atoms with Gasteiger partial charge in [-0.25, -0.2) is 19.9 Å². The lowest BCUT2D eigenvalue weighted by molar-refractivity contribution is 0.380. The van der Waals surface area contributed by atoms with Crippen molar-refractivity contribution in [2.24, 2.45) is 0 Å². The van der Waals surface area contributed by atoms with Gasteiger partial charge in [0.2, 0.25) is 0 Å². The summed E-state index contributed by atoms with van der Waals surface area (Å²) >= 11 is 3.36. The molecule has 0 aliphatic rings. The normalized spacial score (nSPS) is 10.7. The van der Waals surface area contributed by atoms with E-state index in [-0.39, 0.29) is 35.0 Å². The predicted octanol–water partition coefficient (Wildman–Crippen LogP) is 5.79. The highest BCUT2D eigenvalue weighted by molar-refractivity contribution is 9.08. The molecule has 12 nitrogen and oxygen atoms in total. The minimum Gasteiger partial charge on any atom is -0.467 e. The molecule has 6 rings (SSSR count). The third kappa shape index (κ3) is 9.03. The van der Waals surface area contributed by atoms with Crippen LogP contribution in [0.3, 0.4) is 0 Å². The number of aromatic nitrogens is 8. The molecule has 1 N–H and O–H groups in total. The van der Waals surface area contributed by atoms with Gasteiger partial charge in [-0.3, -0.25) is 14.2 Å². The highest BCUT2D eigenvalue weighted by Gasteiger charge is 2.16. The van der Waals surface area contributed by atoms with Gasteiger partial charge < -0.3 is 14.5 Å². The molecule has 6 aromatic rings. The van der Waals surface area contributed by atoms with Gasteiger partial charge >= 0.3 is 12.0 Å². The molecule has 4 aromatic heterocycles. The summed E-state index contributed by atoms with van der Waals surface area (Å²) in [4.78, 5) is 52.2. The maximum atomic E-state index is 12.8. The third-order valence-corrected chi connectivity index (χ3v) is 7.43. The van der Waals surface area contributed by atoms with Crippen LogP contribution in [0.25, 0.3) is 22.3 Å². The van der Waals surface area contributed by atoms with E-state index in [1.165, 1.54) is 26.0 Å². The second-order valence-electron chi connectivity index (χ2n) is 10.9. The van der Waals surface area contributed by atoms with Gasteiger partial charge in [0.1, 0.15) is 22.4 Å². The van der Waals surface area contributed by atoms with Crippen molar-refractivity contribution in [2.75, 3.05) is 14.2 Å². The standard InChI is InChI=1S/C17H18N4O2.C10H12N4O2.C7H7Br/c1-11(2)14-16(22)21(10-12-7-5-4-6-8-12)15-13(19-14)9-18-17(20-15)23-3;1-5(2)7-9(15)13-8-6(12-7)4-11-10(14-8)16-3;8-6-7-4-2-1-3-5-7/h4-9,11H,10H2,1-3H3;4-5H,1-3H3,(H,11,13,14,15);1-5H,6H2. The Balaban J connectivity index is 0.000000180. The highest BCUT2D eigenvalue weighted by atomic mass is 79.9. The molecule has 0 radical (unpaired) electrons. The zero-order valence-corrected chi connectivity index (χ0v) is 28.7. The summed E-state index contributed by atoms with van der Waals surface area (Å²) in [7, 11) is 2.96. The average molecular weight is 702 g/mol. The molecule has 0 unspecified atom stereocenters. The first kappa shape index (κ1) is 34.8. The Hall–Kier alpha value is -5.04. The van der Waals surface area contributed by atoms with Gasteiger partial charge in [0.25, 0.3) is 11.1 Å². The van der Waals surface area contributed by atoms with Crippen LogP contribution in [0.2, 0.25) is 0 Å². The molecule has 4 heterocycles. The highest BCUT2D eigenvalue weighted by Crippen LogP contribution is 2.16. The lowest BCUT2D eigenvalue weighted by Crippen LogP contribution is -2.27. The summed E-state index contributed by atoms with van der Waals surface area (Å²) < 4.78 is 11.6. The summed E-state index contributed by atoms with van der Waals surface area (Å²) in [6, 6.07) is 20.5. The van der Waals surface area contributed by atoms with E-state index in [1.54, 1.807) is 10.8 Å². The molecule has 0 amide bonds. The Morgan fingerprint density at radius 2 is 1.26 bits per heavy atom. The van der Waals surface area contributed by atoms with E-state index in [4.69, 9.17) is 9.47 Å². The number of hydrogen-bond donors (Lipinski definition) is 1. The van der Waals surface area contributed by atoms with Crippen LogP contribution in [0.5, 0.6) is 12.0 Å². The molecule has 0 fully saturated rings. The van der Waals surface area contributed by atoms with Crippen LogP contribution in [-0.2, 0) is 11.9 Å². The van der Waals surface area contributed by atoms with Gasteiger partial charge in [-0.05, 0) is 11.1 Å². The fourth-order valence-corrected chi connectivity index (χ4v) is 4.74. The van der Waals surface area contributed by atoms with Crippen molar-refractivity contribution in [3.63, 3.8) is 0 Å². The Morgan fingerprint density at radius 3 is 1.79 bits per heavy atom. The molecule has 0 spiro atoms. The second-order valence-corrected chi connectivity index (χ2v) is 11.5. The van der Waals surface area contributed by atoms with Crippen LogP contribution < -0.4 is 20.6 Å². The summed E-state index contributed by atoms with van der Waals surface area (Å²) in [5.74, 6) is 0.0891. The number of halogens is 1. The Morgan fingerprint density at radius 1 is 0.723 bits per heavy atom. The van der Waals surface area contributed by atoms with Crippen LogP contribution in [0.4, 0.5) is 0 Å². The molecule has 0 aliphatic carbocycles. The number of rotatable bonds is 7. The molecule has 2 aromatic carbocycles. The Bertz CT molecular complexity index is 2030. The summed E-state index contributed by atoms with van der Waals surface area (Å²) in [6.07, 6.45) is 3.12. The smallest absolute Gasteiger partial charge is 0.318 e. The minimum absolute atomic E-state index is 0.0241. The van der Waals surface area contributed by atoms with Crippen molar-refractivity contribution in [3.05, 3.63) is 116 Å². The number of nitrogens with one attached hydrogen (secondary N) is 1. The van der Waals surface area contributed by atoms with Crippen LogP contribution in [0, 0.1) is 0 Å². The number of alkyl halides is 1. The summed E-state index contributed by atoms with van der Waals surface area (Å²) in [5.41, 5.74) is 5.02. The topological polar surface area (TPSA) is 151 Å². The molecule has 13 heteroatoms. The van der Waals surface area contributed by atoms with Crippen LogP contribution in [0.15, 0.2) is 82.6 Å². The number of fused-ring (bicyclic) bond motifs is 2. The van der Waals surface area contributed by atoms with Gasteiger partial charge in [-0.2, -0.15) is 9.97 Å². The Kier molecular flexibility index (Phi) is 12.2. The largest absolute Gasteiger partial charge is 0.467 e. The van der Waals surface area contributed by atoms with Crippen molar-refractivity contribution in [1.29, 1.82) is 0 Å². The van der Waals surface area contributed by atoms with Gasteiger partial charge in [0.15, 0.2) is 11.3 Å². The molecule has 0 saturated heterocycles. The molecule has 0 saturated carbocycles. The quantitative estimate of drug-likeness (QED) is 0.203. The van der Waals surface area contributed by atoms with Gasteiger partial charge in [0.05, 0.1) is 33.2 Å². The average Bonchev–Trinajstić information content (AvgIpc) is 3.09. The second kappa shape index (κ2) is 16.5. The van der Waals surface area contributed by atoms with Crippen LogP contribution >= 0.6 is 15.9 Å². The lowest BCUT2D eigenvalue weighted by atomic mass is 10.1. The third-order valence-electron chi connectivity index (χ3n) is 6.78. The van der Waals surface area contributed by atoms with Crippen molar-refractivity contribution >= 4 is 38.3 Å². The first-order valence-electron chi connectivity index (χ1n) is 14.9. The number of H-pyrrole nitrogens is 1. The van der Waals surface area contributed by atoms with E-state index < -0.39 is 0 Å². The van der Waals surface area contributed by atoms with Crippen LogP contribution in [0.1, 0.15) is 62.0 Å². The van der Waals surface area contributed by atoms with E-state index in [2.05, 4.69) is 63.0 Å². The summed E-state index contributed by atoms with van der Waals surface area (Å²) in [6.45, 7) is 8.15. The predicted molar refractivity (Wildman–Crippen MR) is 185 cm³/mol. The van der Waals surface area contributed by atoms with E-state index in [0.29, 0.717) is 40.3 Å². The van der Waals surface area contributed by atoms with Gasteiger partial charge in [0, 0.05) is 17.2 Å². The van der Waals surface area contributed by atoms with E-state index >= 15 is 0 Å². The molecule has 244 valence electrons. The minimum atomic E-state index is -0.219. The first-order chi connectivity index (χ1) is 22.6. The fourth-order valence-electron chi connectivity index (χ4n) is 4.37. The molecular weight excluding hydrogens is 664 g/mol. The number of benzene rings is 2. The van der Waals surface area contributed by atoms with Crippen molar-refractivity contribution in [2.45, 2.75) is 51.4 Å². The van der Waals surface area contributed by atoms with Crippen molar-refractivity contribution in [1.82, 2.24) is 39.5 Å². The maximum absolute atomic E-state index is 12.8. The van der Waals surface area contributed by atoms with Gasteiger partial charge in [-0.15, -0.1) is 0 Å². The fraction of sp³-hybridized carbons (Fsp3) is 0.294. The SMILES string of the molecule is BrCc1ccccc1.COc1ncc2nc(C(C)C)c(=O)[nH]c2n1.COc1ncc2nc(C(C)C)c(=O)n(Cc3ccccc3)c2n1. The van der Waals surface area contributed by atoms with E-state index in [0.717, 1.165) is 10.9 Å². The Labute approximate surface area is 280 Å². The maximum Gasteiger partial charge on any atom is 0.318 e. The van der Waals surface area contributed by atoms with Crippen molar-refractivity contribution in [3.8, 4) is 12.0 Å². The zero-order chi connectivity index (χ0) is 33.9. The molecule has 0 atom stereocenters. The number of aromatic amines is 1. The van der Waals surface area contributed by atoms with Gasteiger partial charge in [-0.1, -0.05) is 104 Å². The summed E-state index contributed by atoms with van der Waals surface area (Å²) in [5, 5.41) is 0.952. The van der Waals surface area contributed by atoms with Crippen molar-refractivity contribution < 1.29 is 9.47 Å². The molecule has 0 bridgehead atoms. The number of methoxy groups -OCH3 is 2.